The number of aromatic nitrogens is 1. The van der Waals surface area contributed by atoms with Gasteiger partial charge in [-0.25, -0.2) is 0 Å². The van der Waals surface area contributed by atoms with Gasteiger partial charge in [0.25, 0.3) is 5.91 Å². The maximum Gasteiger partial charge on any atom is 0.255 e. The molecule has 206 valence electrons. The number of carbonyl (C=O) groups excluding carboxylic acids is 1. The average Bonchev–Trinajstić information content (AvgIpc) is 3.03. The maximum absolute atomic E-state index is 12.6. The first kappa shape index (κ1) is 30.7. The van der Waals surface area contributed by atoms with E-state index in [1.165, 1.54) is 22.6 Å². The Hall–Kier alpha value is -4.28. The van der Waals surface area contributed by atoms with E-state index in [9.17, 15) is 4.79 Å². The standard InChI is InChI=1S/C19H17N2O.C19H15.Hf/c1-13(2)15-9-3-4-10-16(15)19(22)21-17-11-5-7-14-8-6-12-20-18(14)17;1-4-10-16(11-5-1)19(17-12-6-2-7-13-17)18-14-8-3-9-15-18;/h3-11,13H,1-2H3,(H,21,22);1-15H;/q2*-1;. The fourth-order valence-corrected chi connectivity index (χ4v) is 4.86. The molecule has 6 aromatic rings. The van der Waals surface area contributed by atoms with Crippen molar-refractivity contribution in [3.63, 3.8) is 0 Å². The van der Waals surface area contributed by atoms with E-state index in [2.05, 4.69) is 121 Å². The van der Waals surface area contributed by atoms with Crippen molar-refractivity contribution in [1.29, 1.82) is 0 Å². The van der Waals surface area contributed by atoms with E-state index < -0.39 is 0 Å². The minimum Gasteiger partial charge on any atom is -0.384 e. The monoisotopic (exact) mass is 712 g/mol. The minimum atomic E-state index is -0.109. The van der Waals surface area contributed by atoms with Gasteiger partial charge < -0.3 is 10.3 Å². The smallest absolute Gasteiger partial charge is 0.255 e. The number of rotatable bonds is 6. The van der Waals surface area contributed by atoms with Crippen LogP contribution in [0.1, 0.15) is 52.4 Å². The van der Waals surface area contributed by atoms with E-state index in [-0.39, 0.29) is 31.8 Å². The van der Waals surface area contributed by atoms with E-state index in [0.29, 0.717) is 17.2 Å². The SMILES string of the molecule is CC(C)c1ccccc1C(=O)Nc1cccc2cc[c-]nc12.[Hf].c1ccc([C-](c2ccccc2)c2ccccc2)cc1. The van der Waals surface area contributed by atoms with Crippen LogP contribution >= 0.6 is 0 Å². The van der Waals surface area contributed by atoms with Crippen LogP contribution in [0.5, 0.6) is 0 Å². The van der Waals surface area contributed by atoms with Crippen molar-refractivity contribution in [2.24, 2.45) is 0 Å². The summed E-state index contributed by atoms with van der Waals surface area (Å²) in [5.41, 5.74) is 6.95. The normalized spacial score (nSPS) is 10.3. The number of amides is 1. The Morgan fingerprint density at radius 3 is 1.74 bits per heavy atom. The van der Waals surface area contributed by atoms with Gasteiger partial charge in [0.2, 0.25) is 0 Å². The summed E-state index contributed by atoms with van der Waals surface area (Å²) in [6.07, 6.45) is 2.82. The number of hydrogen-bond donors (Lipinski definition) is 1. The molecule has 6 rings (SSSR count). The summed E-state index contributed by atoms with van der Waals surface area (Å²) in [4.78, 5) is 16.9. The molecular weight excluding hydrogens is 679 g/mol. The maximum atomic E-state index is 12.6. The summed E-state index contributed by atoms with van der Waals surface area (Å²) in [7, 11) is 0. The van der Waals surface area contributed by atoms with E-state index in [0.717, 1.165) is 16.5 Å². The molecule has 0 aliphatic rings. The molecule has 0 fully saturated rings. The van der Waals surface area contributed by atoms with Crippen molar-refractivity contribution < 1.29 is 30.6 Å². The van der Waals surface area contributed by atoms with Crippen LogP contribution in [0, 0.1) is 12.1 Å². The fraction of sp³-hybridized carbons (Fsp3) is 0.0789. The van der Waals surface area contributed by atoms with Gasteiger partial charge in [-0.2, -0.15) is 12.1 Å². The second kappa shape index (κ2) is 15.1. The van der Waals surface area contributed by atoms with Crippen LogP contribution < -0.4 is 5.32 Å². The number of nitrogens with one attached hydrogen (secondary N) is 1. The van der Waals surface area contributed by atoms with Gasteiger partial charge in [0, 0.05) is 37.1 Å². The molecule has 0 saturated carbocycles. The van der Waals surface area contributed by atoms with Crippen LogP contribution in [0.15, 0.2) is 146 Å². The largest absolute Gasteiger partial charge is 0.384 e. The van der Waals surface area contributed by atoms with Gasteiger partial charge >= 0.3 is 0 Å². The molecule has 0 radical (unpaired) electrons. The number of benzene rings is 5. The Bertz CT molecular complexity index is 1600. The van der Waals surface area contributed by atoms with Crippen LogP contribution in [-0.4, -0.2) is 10.9 Å². The Labute approximate surface area is 267 Å². The molecule has 1 heterocycles. The molecule has 4 heteroatoms. The molecule has 1 amide bonds. The second-order valence-corrected chi connectivity index (χ2v) is 9.99. The topological polar surface area (TPSA) is 42.0 Å². The third-order valence-electron chi connectivity index (χ3n) is 6.84. The number of anilines is 1. The summed E-state index contributed by atoms with van der Waals surface area (Å²) >= 11 is 0. The first-order chi connectivity index (χ1) is 20.1. The molecule has 0 bridgehead atoms. The van der Waals surface area contributed by atoms with Crippen molar-refractivity contribution >= 4 is 22.5 Å². The summed E-state index contributed by atoms with van der Waals surface area (Å²) in [5, 5.41) is 3.96. The van der Waals surface area contributed by atoms with Crippen LogP contribution in [-0.2, 0) is 25.8 Å². The van der Waals surface area contributed by atoms with Gasteiger partial charge in [-0.15, -0.1) is 5.39 Å². The fourth-order valence-electron chi connectivity index (χ4n) is 4.86. The first-order valence-corrected chi connectivity index (χ1v) is 13.8. The molecule has 1 aromatic heterocycles. The van der Waals surface area contributed by atoms with Crippen molar-refractivity contribution in [3.8, 4) is 0 Å². The third kappa shape index (κ3) is 7.51. The van der Waals surface area contributed by atoms with Gasteiger partial charge in [0.1, 0.15) is 0 Å². The molecule has 5 aromatic carbocycles. The zero-order chi connectivity index (χ0) is 28.4. The molecule has 0 unspecified atom stereocenters. The molecule has 0 aliphatic heterocycles. The van der Waals surface area contributed by atoms with E-state index in [4.69, 9.17) is 0 Å². The first-order valence-electron chi connectivity index (χ1n) is 13.8. The Balaban J connectivity index is 0.000000190. The number of carbonyl (C=O) groups is 1. The van der Waals surface area contributed by atoms with E-state index in [1.807, 2.05) is 48.5 Å². The molecule has 0 spiro atoms. The Morgan fingerprint density at radius 2 is 1.19 bits per heavy atom. The summed E-state index contributed by atoms with van der Waals surface area (Å²) in [6.45, 7) is 4.17. The van der Waals surface area contributed by atoms with Crippen molar-refractivity contribution in [2.75, 3.05) is 5.32 Å². The Morgan fingerprint density at radius 1 is 0.667 bits per heavy atom. The molecule has 0 aliphatic carbocycles. The number of fused-ring (bicyclic) bond motifs is 1. The van der Waals surface area contributed by atoms with Gasteiger partial charge in [0.15, 0.2) is 0 Å². The summed E-state index contributed by atoms with van der Waals surface area (Å²) in [5.74, 6) is 1.46. The Kier molecular flexibility index (Phi) is 11.0. The second-order valence-electron chi connectivity index (χ2n) is 9.99. The van der Waals surface area contributed by atoms with Crippen LogP contribution in [0.3, 0.4) is 0 Å². The van der Waals surface area contributed by atoms with Gasteiger partial charge in [0.05, 0.1) is 0 Å². The zero-order valence-electron chi connectivity index (χ0n) is 23.8. The van der Waals surface area contributed by atoms with Crippen LogP contribution in [0.25, 0.3) is 10.9 Å². The molecule has 0 atom stereocenters. The van der Waals surface area contributed by atoms with Gasteiger partial charge in [-0.3, -0.25) is 4.79 Å². The minimum absolute atomic E-state index is 0. The van der Waals surface area contributed by atoms with Crippen molar-refractivity contribution in [3.05, 3.63) is 186 Å². The third-order valence-corrected chi connectivity index (χ3v) is 6.84. The predicted molar refractivity (Wildman–Crippen MR) is 169 cm³/mol. The van der Waals surface area contributed by atoms with Gasteiger partial charge in [-0.05, 0) is 29.1 Å². The molecule has 3 nitrogen and oxygen atoms in total. The quantitative estimate of drug-likeness (QED) is 0.107. The molecule has 0 saturated heterocycles. The van der Waals surface area contributed by atoms with Crippen molar-refractivity contribution in [1.82, 2.24) is 4.98 Å². The molecule has 42 heavy (non-hydrogen) atoms. The number of para-hydroxylation sites is 1. The number of pyridine rings is 1. The summed E-state index contributed by atoms with van der Waals surface area (Å²) < 4.78 is 0. The van der Waals surface area contributed by atoms with E-state index >= 15 is 0 Å². The van der Waals surface area contributed by atoms with Crippen LogP contribution in [0.4, 0.5) is 5.69 Å². The molecule has 1 N–H and O–H groups in total. The molecular formula is C38H32HfN2O-2. The van der Waals surface area contributed by atoms with Crippen LogP contribution in [0.2, 0.25) is 0 Å². The summed E-state index contributed by atoms with van der Waals surface area (Å²) in [6, 6.07) is 48.8. The average molecular weight is 711 g/mol. The van der Waals surface area contributed by atoms with E-state index in [1.54, 1.807) is 6.07 Å². The number of nitrogens with zero attached hydrogens (tertiary/aromatic N) is 1. The zero-order valence-corrected chi connectivity index (χ0v) is 27.4. The van der Waals surface area contributed by atoms with Gasteiger partial charge in [-0.1, -0.05) is 164 Å². The number of hydrogen-bond acceptors (Lipinski definition) is 2. The predicted octanol–water partition coefficient (Wildman–Crippen LogP) is 9.11. The van der Waals surface area contributed by atoms with Crippen molar-refractivity contribution in [2.45, 2.75) is 19.8 Å².